The van der Waals surface area contributed by atoms with Gasteiger partial charge in [0.15, 0.2) is 0 Å². The molecule has 0 aromatic heterocycles. The van der Waals surface area contributed by atoms with Crippen LogP contribution in [-0.2, 0) is 5.92 Å². The van der Waals surface area contributed by atoms with E-state index in [9.17, 15) is 13.2 Å². The molecule has 1 nitrogen and oxygen atoms in total. The Labute approximate surface area is 79.0 Å². The van der Waals surface area contributed by atoms with Crippen molar-refractivity contribution in [2.24, 2.45) is 0 Å². The first-order valence-corrected chi connectivity index (χ1v) is 4.09. The van der Waals surface area contributed by atoms with Gasteiger partial charge in [0.05, 0.1) is 5.69 Å². The lowest BCUT2D eigenvalue weighted by Crippen LogP contribution is -2.11. The van der Waals surface area contributed by atoms with Gasteiger partial charge < -0.3 is 5.73 Å². The van der Waals surface area contributed by atoms with Crippen molar-refractivity contribution in [3.8, 4) is 0 Å². The number of allylic oxidation sites excluding steroid dienone is 1. The highest BCUT2D eigenvalue weighted by Crippen LogP contribution is 2.42. The molecule has 0 bridgehead atoms. The van der Waals surface area contributed by atoms with Crippen LogP contribution in [-0.4, -0.2) is 0 Å². The number of nitrogen functional groups attached to an aromatic ring is 1. The largest absolute Gasteiger partial charge is 0.396 e. The third kappa shape index (κ3) is 1.03. The predicted octanol–water partition coefficient (Wildman–Crippen LogP) is 2.83. The molecule has 0 aliphatic heterocycles. The van der Waals surface area contributed by atoms with Crippen molar-refractivity contribution in [3.05, 3.63) is 34.6 Å². The zero-order valence-electron chi connectivity index (χ0n) is 7.44. The number of nitrogens with two attached hydrogens (primary N) is 1. The number of fused-ring (bicyclic) bond motifs is 1. The minimum atomic E-state index is -3.08. The second kappa shape index (κ2) is 2.53. The van der Waals surface area contributed by atoms with Crippen LogP contribution in [0.2, 0.25) is 0 Å². The SMILES string of the molecule is Cc1c(F)c(N)cc2c1C(F)(F)C=C2. The van der Waals surface area contributed by atoms with Crippen LogP contribution in [0.25, 0.3) is 6.08 Å². The van der Waals surface area contributed by atoms with Gasteiger partial charge in [-0.2, -0.15) is 8.78 Å². The van der Waals surface area contributed by atoms with Crippen LogP contribution in [0, 0.1) is 12.7 Å². The van der Waals surface area contributed by atoms with Crippen LogP contribution in [0.1, 0.15) is 16.7 Å². The van der Waals surface area contributed by atoms with Gasteiger partial charge in [-0.15, -0.1) is 0 Å². The van der Waals surface area contributed by atoms with E-state index in [1.54, 1.807) is 0 Å². The van der Waals surface area contributed by atoms with Crippen molar-refractivity contribution < 1.29 is 13.2 Å². The van der Waals surface area contributed by atoms with Crippen molar-refractivity contribution in [1.29, 1.82) is 0 Å². The average Bonchev–Trinajstić information content (AvgIpc) is 2.38. The fourth-order valence-electron chi connectivity index (χ4n) is 1.70. The Kier molecular flexibility index (Phi) is 1.65. The standard InChI is InChI=1S/C10H8F3N/c1-5-8-6(2-3-10(8,12)13)4-7(14)9(5)11/h2-4H,14H2,1H3. The second-order valence-electron chi connectivity index (χ2n) is 3.33. The topological polar surface area (TPSA) is 26.0 Å². The molecule has 14 heavy (non-hydrogen) atoms. The molecule has 74 valence electrons. The number of anilines is 1. The highest BCUT2D eigenvalue weighted by molar-refractivity contribution is 5.69. The Bertz CT molecular complexity index is 435. The van der Waals surface area contributed by atoms with Gasteiger partial charge in [0, 0.05) is 5.56 Å². The van der Waals surface area contributed by atoms with Gasteiger partial charge in [-0.1, -0.05) is 6.08 Å². The summed E-state index contributed by atoms with van der Waals surface area (Å²) in [4.78, 5) is 0. The molecule has 0 saturated heterocycles. The number of alkyl halides is 2. The van der Waals surface area contributed by atoms with Gasteiger partial charge >= 0.3 is 0 Å². The Morgan fingerprint density at radius 2 is 2.00 bits per heavy atom. The zero-order chi connectivity index (χ0) is 10.5. The molecule has 0 amide bonds. The third-order valence-electron chi connectivity index (χ3n) is 2.36. The molecule has 0 heterocycles. The number of hydrogen-bond donors (Lipinski definition) is 1. The molecule has 0 saturated carbocycles. The summed E-state index contributed by atoms with van der Waals surface area (Å²) in [5.41, 5.74) is 5.18. The van der Waals surface area contributed by atoms with Gasteiger partial charge in [-0.3, -0.25) is 0 Å². The van der Waals surface area contributed by atoms with Gasteiger partial charge in [0.2, 0.25) is 0 Å². The van der Waals surface area contributed by atoms with Crippen molar-refractivity contribution in [1.82, 2.24) is 0 Å². The summed E-state index contributed by atoms with van der Waals surface area (Å²) in [5, 5.41) is 0. The van der Waals surface area contributed by atoms with E-state index in [1.165, 1.54) is 19.1 Å². The Morgan fingerprint density at radius 1 is 1.36 bits per heavy atom. The fourth-order valence-corrected chi connectivity index (χ4v) is 1.70. The van der Waals surface area contributed by atoms with E-state index in [0.717, 1.165) is 6.08 Å². The van der Waals surface area contributed by atoms with E-state index in [4.69, 9.17) is 5.73 Å². The van der Waals surface area contributed by atoms with Crippen molar-refractivity contribution in [3.63, 3.8) is 0 Å². The van der Waals surface area contributed by atoms with E-state index in [0.29, 0.717) is 5.56 Å². The van der Waals surface area contributed by atoms with Crippen LogP contribution in [0.15, 0.2) is 12.1 Å². The maximum atomic E-state index is 13.2. The summed E-state index contributed by atoms with van der Waals surface area (Å²) in [7, 11) is 0. The minimum absolute atomic E-state index is 0.0741. The van der Waals surface area contributed by atoms with E-state index in [1.807, 2.05) is 0 Å². The fraction of sp³-hybridized carbons (Fsp3) is 0.200. The lowest BCUT2D eigenvalue weighted by Gasteiger charge is -2.14. The molecule has 0 unspecified atom stereocenters. The summed E-state index contributed by atoms with van der Waals surface area (Å²) in [6, 6.07) is 1.23. The minimum Gasteiger partial charge on any atom is -0.396 e. The van der Waals surface area contributed by atoms with E-state index in [-0.39, 0.29) is 16.8 Å². The summed E-state index contributed by atoms with van der Waals surface area (Å²) in [6.45, 7) is 1.31. The molecular formula is C10H8F3N. The first-order chi connectivity index (χ1) is 6.43. The quantitative estimate of drug-likeness (QED) is 0.639. The number of rotatable bonds is 0. The first kappa shape index (κ1) is 9.12. The maximum absolute atomic E-state index is 13.2. The number of halogens is 3. The lowest BCUT2D eigenvalue weighted by atomic mass is 10.00. The second-order valence-corrected chi connectivity index (χ2v) is 3.33. The monoisotopic (exact) mass is 199 g/mol. The molecule has 0 spiro atoms. The molecule has 1 aliphatic rings. The van der Waals surface area contributed by atoms with Gasteiger partial charge in [0.25, 0.3) is 5.92 Å². The van der Waals surface area contributed by atoms with Gasteiger partial charge in [-0.05, 0) is 30.2 Å². The van der Waals surface area contributed by atoms with Crippen LogP contribution >= 0.6 is 0 Å². The number of hydrogen-bond acceptors (Lipinski definition) is 1. The summed E-state index contributed by atoms with van der Waals surface area (Å²) < 4.78 is 39.7. The average molecular weight is 199 g/mol. The van der Waals surface area contributed by atoms with Gasteiger partial charge in [-0.25, -0.2) is 4.39 Å². The first-order valence-electron chi connectivity index (χ1n) is 4.09. The van der Waals surface area contributed by atoms with Crippen LogP contribution in [0.4, 0.5) is 18.9 Å². The molecule has 1 aromatic rings. The van der Waals surface area contributed by atoms with Crippen molar-refractivity contribution >= 4 is 11.8 Å². The Hall–Kier alpha value is -1.45. The van der Waals surface area contributed by atoms with E-state index < -0.39 is 11.7 Å². The molecule has 1 aromatic carbocycles. The van der Waals surface area contributed by atoms with E-state index >= 15 is 0 Å². The molecular weight excluding hydrogens is 191 g/mol. The van der Waals surface area contributed by atoms with Crippen molar-refractivity contribution in [2.45, 2.75) is 12.8 Å². The molecule has 4 heteroatoms. The maximum Gasteiger partial charge on any atom is 0.292 e. The molecule has 0 fully saturated rings. The summed E-state index contributed by atoms with van der Waals surface area (Å²) >= 11 is 0. The Morgan fingerprint density at radius 3 is 2.64 bits per heavy atom. The lowest BCUT2D eigenvalue weighted by molar-refractivity contribution is 0.0548. The van der Waals surface area contributed by atoms with Crippen LogP contribution < -0.4 is 5.73 Å². The highest BCUT2D eigenvalue weighted by Gasteiger charge is 2.37. The Balaban J connectivity index is 2.77. The summed E-state index contributed by atoms with van der Waals surface area (Å²) in [5.74, 6) is -3.83. The number of benzene rings is 1. The highest BCUT2D eigenvalue weighted by atomic mass is 19.3. The third-order valence-corrected chi connectivity index (χ3v) is 2.36. The zero-order valence-corrected chi connectivity index (χ0v) is 7.44. The molecule has 1 aliphatic carbocycles. The molecule has 2 N–H and O–H groups in total. The van der Waals surface area contributed by atoms with Crippen LogP contribution in [0.3, 0.4) is 0 Å². The molecule has 0 radical (unpaired) electrons. The molecule has 2 rings (SSSR count). The van der Waals surface area contributed by atoms with Gasteiger partial charge in [0.1, 0.15) is 5.82 Å². The van der Waals surface area contributed by atoms with Crippen LogP contribution in [0.5, 0.6) is 0 Å². The smallest absolute Gasteiger partial charge is 0.292 e. The summed E-state index contributed by atoms with van der Waals surface area (Å²) in [6.07, 6.45) is 2.02. The predicted molar refractivity (Wildman–Crippen MR) is 48.5 cm³/mol. The van der Waals surface area contributed by atoms with Crippen molar-refractivity contribution in [2.75, 3.05) is 5.73 Å². The van der Waals surface area contributed by atoms with E-state index in [2.05, 4.69) is 0 Å². The normalized spacial score (nSPS) is 17.1. The molecule has 0 atom stereocenters.